The highest BCUT2D eigenvalue weighted by molar-refractivity contribution is 5.98. The monoisotopic (exact) mass is 259 g/mol. The number of ether oxygens (including phenoxy) is 1. The highest BCUT2D eigenvalue weighted by Crippen LogP contribution is 2.25. The van der Waals surface area contributed by atoms with Crippen molar-refractivity contribution < 1.29 is 4.74 Å². The minimum Gasteiger partial charge on any atom is -0.435 e. The number of amidine groups is 1. The molecular formula is C13H17N5O. The van der Waals surface area contributed by atoms with Gasteiger partial charge in [0.15, 0.2) is 5.75 Å². The van der Waals surface area contributed by atoms with Crippen LogP contribution in [0, 0.1) is 12.3 Å². The average Bonchev–Trinajstić information content (AvgIpc) is 2.77. The molecule has 0 spiro atoms. The van der Waals surface area contributed by atoms with E-state index in [1.54, 1.807) is 29.3 Å². The predicted octanol–water partition coefficient (Wildman–Crippen LogP) is 2.24. The van der Waals surface area contributed by atoms with Crippen LogP contribution in [0.15, 0.2) is 24.7 Å². The van der Waals surface area contributed by atoms with Crippen LogP contribution in [-0.4, -0.2) is 20.6 Å². The van der Waals surface area contributed by atoms with Crippen LogP contribution in [0.3, 0.4) is 0 Å². The van der Waals surface area contributed by atoms with E-state index in [4.69, 9.17) is 15.9 Å². The van der Waals surface area contributed by atoms with Gasteiger partial charge in [-0.05, 0) is 32.4 Å². The second-order valence-electron chi connectivity index (χ2n) is 4.57. The molecule has 0 bridgehead atoms. The molecule has 6 nitrogen and oxygen atoms in total. The molecule has 0 fully saturated rings. The fourth-order valence-electron chi connectivity index (χ4n) is 1.71. The first-order valence-corrected chi connectivity index (χ1v) is 6.01. The molecule has 0 amide bonds. The first kappa shape index (κ1) is 13.1. The first-order chi connectivity index (χ1) is 8.99. The molecule has 2 aromatic heterocycles. The van der Waals surface area contributed by atoms with Crippen LogP contribution in [0.25, 0.3) is 0 Å². The number of rotatable bonds is 4. The van der Waals surface area contributed by atoms with Gasteiger partial charge in [0.05, 0.1) is 18.0 Å². The maximum atomic E-state index is 7.59. The number of aryl methyl sites for hydroxylation is 1. The number of nitrogen functional groups attached to an aromatic ring is 1. The molecule has 6 heteroatoms. The van der Waals surface area contributed by atoms with Crippen LogP contribution < -0.4 is 10.5 Å². The molecular weight excluding hydrogens is 242 g/mol. The van der Waals surface area contributed by atoms with Crippen molar-refractivity contribution in [1.82, 2.24) is 14.8 Å². The third-order valence-electron chi connectivity index (χ3n) is 2.72. The summed E-state index contributed by atoms with van der Waals surface area (Å²) < 4.78 is 7.46. The lowest BCUT2D eigenvalue weighted by Crippen LogP contribution is -2.14. The highest BCUT2D eigenvalue weighted by atomic mass is 16.5. The van der Waals surface area contributed by atoms with Gasteiger partial charge in [0.2, 0.25) is 5.88 Å². The Kier molecular flexibility index (Phi) is 3.50. The summed E-state index contributed by atoms with van der Waals surface area (Å²) in [5.41, 5.74) is 6.93. The van der Waals surface area contributed by atoms with Crippen LogP contribution in [0.2, 0.25) is 0 Å². The van der Waals surface area contributed by atoms with E-state index in [1.807, 2.05) is 20.8 Å². The Morgan fingerprint density at radius 2 is 2.21 bits per heavy atom. The molecule has 0 radical (unpaired) electrons. The normalized spacial score (nSPS) is 10.7. The van der Waals surface area contributed by atoms with Crippen LogP contribution in [0.5, 0.6) is 11.6 Å². The molecule has 0 aliphatic heterocycles. The van der Waals surface area contributed by atoms with Gasteiger partial charge in [-0.3, -0.25) is 10.1 Å². The van der Waals surface area contributed by atoms with E-state index in [0.717, 1.165) is 5.56 Å². The van der Waals surface area contributed by atoms with E-state index in [9.17, 15) is 0 Å². The van der Waals surface area contributed by atoms with E-state index in [0.29, 0.717) is 17.2 Å². The van der Waals surface area contributed by atoms with Gasteiger partial charge in [-0.25, -0.2) is 4.98 Å². The summed E-state index contributed by atoms with van der Waals surface area (Å²) in [7, 11) is 0. The smallest absolute Gasteiger partial charge is 0.230 e. The molecule has 0 atom stereocenters. The van der Waals surface area contributed by atoms with Gasteiger partial charge in [0.25, 0.3) is 0 Å². The Morgan fingerprint density at radius 1 is 1.47 bits per heavy atom. The van der Waals surface area contributed by atoms with Crippen LogP contribution >= 0.6 is 0 Å². The summed E-state index contributed by atoms with van der Waals surface area (Å²) in [5.74, 6) is 0.849. The number of hydrogen-bond donors (Lipinski definition) is 2. The third kappa shape index (κ3) is 2.73. The minimum absolute atomic E-state index is 0.0585. The van der Waals surface area contributed by atoms with Gasteiger partial charge >= 0.3 is 0 Å². The number of nitrogens with two attached hydrogens (primary N) is 1. The zero-order valence-corrected chi connectivity index (χ0v) is 11.2. The predicted molar refractivity (Wildman–Crippen MR) is 72.7 cm³/mol. The topological polar surface area (TPSA) is 89.8 Å². The minimum atomic E-state index is -0.0585. The molecule has 0 saturated heterocycles. The van der Waals surface area contributed by atoms with Crippen molar-refractivity contribution in [2.75, 3.05) is 0 Å². The van der Waals surface area contributed by atoms with Crippen molar-refractivity contribution >= 4 is 5.84 Å². The lowest BCUT2D eigenvalue weighted by Gasteiger charge is -2.09. The quantitative estimate of drug-likeness (QED) is 0.651. The summed E-state index contributed by atoms with van der Waals surface area (Å²) in [6.45, 7) is 5.92. The number of hydrogen-bond acceptors (Lipinski definition) is 4. The fourth-order valence-corrected chi connectivity index (χ4v) is 1.71. The van der Waals surface area contributed by atoms with Crippen LogP contribution in [-0.2, 0) is 0 Å². The largest absolute Gasteiger partial charge is 0.435 e. The molecule has 19 heavy (non-hydrogen) atoms. The molecule has 0 unspecified atom stereocenters. The summed E-state index contributed by atoms with van der Waals surface area (Å²) in [6.07, 6.45) is 5.04. The van der Waals surface area contributed by atoms with Gasteiger partial charge < -0.3 is 10.5 Å². The zero-order valence-electron chi connectivity index (χ0n) is 11.2. The van der Waals surface area contributed by atoms with Crippen molar-refractivity contribution in [3.8, 4) is 11.6 Å². The molecule has 100 valence electrons. The molecule has 2 rings (SSSR count). The van der Waals surface area contributed by atoms with E-state index in [-0.39, 0.29) is 11.9 Å². The van der Waals surface area contributed by atoms with E-state index < -0.39 is 0 Å². The molecule has 0 aliphatic rings. The zero-order chi connectivity index (χ0) is 14.0. The second-order valence-corrected chi connectivity index (χ2v) is 4.57. The lowest BCUT2D eigenvalue weighted by atomic mass is 10.1. The summed E-state index contributed by atoms with van der Waals surface area (Å²) in [6, 6.07) is 2.05. The Bertz CT molecular complexity index is 603. The molecule has 0 aliphatic carbocycles. The SMILES string of the molecule is Cc1ccnc(Oc2cnn(C(C)C)c2)c1C(=N)N. The van der Waals surface area contributed by atoms with Crippen molar-refractivity contribution in [3.05, 3.63) is 35.8 Å². The average molecular weight is 259 g/mol. The van der Waals surface area contributed by atoms with Gasteiger partial charge in [-0.15, -0.1) is 0 Å². The molecule has 3 N–H and O–H groups in total. The Labute approximate surface area is 111 Å². The maximum absolute atomic E-state index is 7.59. The first-order valence-electron chi connectivity index (χ1n) is 6.01. The molecule has 2 heterocycles. The number of pyridine rings is 1. The van der Waals surface area contributed by atoms with Gasteiger partial charge in [-0.1, -0.05) is 0 Å². The van der Waals surface area contributed by atoms with Gasteiger partial charge in [0.1, 0.15) is 5.84 Å². The van der Waals surface area contributed by atoms with Gasteiger partial charge in [0, 0.05) is 12.2 Å². The van der Waals surface area contributed by atoms with Crippen molar-refractivity contribution in [1.29, 1.82) is 5.41 Å². The maximum Gasteiger partial charge on any atom is 0.230 e. The Hall–Kier alpha value is -2.37. The Morgan fingerprint density at radius 3 is 2.79 bits per heavy atom. The fraction of sp³-hybridized carbons (Fsp3) is 0.308. The number of aromatic nitrogens is 3. The molecule has 0 aromatic carbocycles. The van der Waals surface area contributed by atoms with E-state index >= 15 is 0 Å². The number of nitrogens with one attached hydrogen (secondary N) is 1. The summed E-state index contributed by atoms with van der Waals surface area (Å²) >= 11 is 0. The van der Waals surface area contributed by atoms with E-state index in [1.165, 1.54) is 0 Å². The summed E-state index contributed by atoms with van der Waals surface area (Å²) in [4.78, 5) is 4.13. The molecule has 2 aromatic rings. The lowest BCUT2D eigenvalue weighted by molar-refractivity contribution is 0.457. The van der Waals surface area contributed by atoms with Crippen molar-refractivity contribution in [2.24, 2.45) is 5.73 Å². The highest BCUT2D eigenvalue weighted by Gasteiger charge is 2.13. The Balaban J connectivity index is 2.32. The second kappa shape index (κ2) is 5.09. The van der Waals surface area contributed by atoms with E-state index in [2.05, 4.69) is 10.1 Å². The van der Waals surface area contributed by atoms with Gasteiger partial charge in [-0.2, -0.15) is 5.10 Å². The van der Waals surface area contributed by atoms with Crippen molar-refractivity contribution in [2.45, 2.75) is 26.8 Å². The number of nitrogens with zero attached hydrogens (tertiary/aromatic N) is 3. The van der Waals surface area contributed by atoms with Crippen LogP contribution in [0.1, 0.15) is 31.0 Å². The third-order valence-corrected chi connectivity index (χ3v) is 2.72. The summed E-state index contributed by atoms with van der Waals surface area (Å²) in [5, 5.41) is 11.8. The molecule has 0 saturated carbocycles. The standard InChI is InChI=1S/C13H17N5O/c1-8(2)18-7-10(6-17-18)19-13-11(12(14)15)9(3)4-5-16-13/h4-8H,1-3H3,(H3,14,15). The van der Waals surface area contributed by atoms with Crippen molar-refractivity contribution in [3.63, 3.8) is 0 Å². The van der Waals surface area contributed by atoms with Crippen LogP contribution in [0.4, 0.5) is 0 Å².